The van der Waals surface area contributed by atoms with E-state index >= 15 is 0 Å². The van der Waals surface area contributed by atoms with E-state index in [1.807, 2.05) is 0 Å². The van der Waals surface area contributed by atoms with Crippen molar-refractivity contribution in [3.8, 4) is 11.5 Å². The van der Waals surface area contributed by atoms with E-state index in [0.717, 1.165) is 0 Å². The van der Waals surface area contributed by atoms with Crippen LogP contribution in [0.2, 0.25) is 0 Å². The van der Waals surface area contributed by atoms with Gasteiger partial charge in [0, 0.05) is 31.0 Å². The number of carbonyl (C=O) groups excluding carboxylic acids is 2. The maximum Gasteiger partial charge on any atom is 0.251 e. The molecule has 0 aliphatic carbocycles. The van der Waals surface area contributed by atoms with Crippen LogP contribution in [0.1, 0.15) is 10.4 Å². The van der Waals surface area contributed by atoms with Gasteiger partial charge < -0.3 is 30.2 Å². The molecule has 0 aromatic heterocycles. The molecule has 2 rings (SSSR count). The average molecular weight is 387 g/mol. The molecule has 0 bridgehead atoms. The molecule has 2 aromatic rings. The van der Waals surface area contributed by atoms with Crippen LogP contribution in [0.15, 0.2) is 42.5 Å². The quantitative estimate of drug-likeness (QED) is 0.541. The van der Waals surface area contributed by atoms with Crippen LogP contribution in [0.3, 0.4) is 0 Å². The van der Waals surface area contributed by atoms with Crippen molar-refractivity contribution in [3.63, 3.8) is 0 Å². The number of benzene rings is 2. The molecular weight excluding hydrogens is 362 g/mol. The molecule has 2 aromatic carbocycles. The summed E-state index contributed by atoms with van der Waals surface area (Å²) in [6, 6.07) is 11.9. The molecule has 0 atom stereocenters. The van der Waals surface area contributed by atoms with Crippen molar-refractivity contribution in [1.82, 2.24) is 5.32 Å². The van der Waals surface area contributed by atoms with E-state index in [4.69, 9.17) is 14.2 Å². The van der Waals surface area contributed by atoms with Gasteiger partial charge in [-0.1, -0.05) is 0 Å². The van der Waals surface area contributed by atoms with E-state index in [1.165, 1.54) is 0 Å². The number of anilines is 2. The van der Waals surface area contributed by atoms with Gasteiger partial charge in [-0.2, -0.15) is 0 Å². The third-order valence-corrected chi connectivity index (χ3v) is 3.87. The van der Waals surface area contributed by atoms with Crippen LogP contribution < -0.4 is 25.4 Å². The number of ether oxygens (including phenoxy) is 3. The normalized spacial score (nSPS) is 10.1. The molecule has 0 heterocycles. The van der Waals surface area contributed by atoms with Gasteiger partial charge in [0.1, 0.15) is 11.5 Å². The van der Waals surface area contributed by atoms with Crippen LogP contribution >= 0.6 is 0 Å². The molecule has 0 spiro atoms. The largest absolute Gasteiger partial charge is 0.497 e. The maximum atomic E-state index is 12.2. The highest BCUT2D eigenvalue weighted by Gasteiger charge is 2.09. The van der Waals surface area contributed by atoms with Gasteiger partial charge >= 0.3 is 0 Å². The first-order valence-corrected chi connectivity index (χ1v) is 8.70. The number of nitrogens with one attached hydrogen (secondary N) is 3. The maximum absolute atomic E-state index is 12.2. The van der Waals surface area contributed by atoms with Crippen molar-refractivity contribution in [3.05, 3.63) is 48.0 Å². The summed E-state index contributed by atoms with van der Waals surface area (Å²) >= 11 is 0. The SMILES string of the molecule is COCCNC(=O)c1ccc(NC(=O)CNc2cc(OC)ccc2OC)cc1. The van der Waals surface area contributed by atoms with Gasteiger partial charge in [-0.05, 0) is 36.4 Å². The van der Waals surface area contributed by atoms with Crippen LogP contribution in [-0.4, -0.2) is 52.8 Å². The van der Waals surface area contributed by atoms with Gasteiger partial charge in [0.15, 0.2) is 0 Å². The Morgan fingerprint density at radius 3 is 2.36 bits per heavy atom. The fraction of sp³-hybridized carbons (Fsp3) is 0.300. The van der Waals surface area contributed by atoms with Gasteiger partial charge in [0.05, 0.1) is 33.1 Å². The number of methoxy groups -OCH3 is 3. The Kier molecular flexibility index (Phi) is 8.11. The standard InChI is InChI=1S/C20H25N3O5/c1-26-11-10-21-20(25)14-4-6-15(7-5-14)23-19(24)13-22-17-12-16(27-2)8-9-18(17)28-3/h4-9,12,22H,10-11,13H2,1-3H3,(H,21,25)(H,23,24). The number of carbonyl (C=O) groups is 2. The van der Waals surface area contributed by atoms with Crippen LogP contribution in [0.4, 0.5) is 11.4 Å². The summed E-state index contributed by atoms with van der Waals surface area (Å²) < 4.78 is 15.3. The molecule has 0 saturated carbocycles. The van der Waals surface area contributed by atoms with Crippen molar-refractivity contribution < 1.29 is 23.8 Å². The van der Waals surface area contributed by atoms with Gasteiger partial charge in [-0.15, -0.1) is 0 Å². The van der Waals surface area contributed by atoms with E-state index in [-0.39, 0.29) is 18.4 Å². The Morgan fingerprint density at radius 2 is 1.71 bits per heavy atom. The minimum Gasteiger partial charge on any atom is -0.497 e. The molecular formula is C20H25N3O5. The molecule has 8 heteroatoms. The fourth-order valence-electron chi connectivity index (χ4n) is 2.41. The predicted molar refractivity (Wildman–Crippen MR) is 107 cm³/mol. The number of hydrogen-bond donors (Lipinski definition) is 3. The highest BCUT2D eigenvalue weighted by Crippen LogP contribution is 2.28. The summed E-state index contributed by atoms with van der Waals surface area (Å²) in [5.41, 5.74) is 1.76. The van der Waals surface area contributed by atoms with Crippen molar-refractivity contribution >= 4 is 23.2 Å². The predicted octanol–water partition coefficient (Wildman–Crippen LogP) is 2.13. The van der Waals surface area contributed by atoms with Crippen molar-refractivity contribution in [2.24, 2.45) is 0 Å². The van der Waals surface area contributed by atoms with Gasteiger partial charge in [0.25, 0.3) is 5.91 Å². The second-order valence-electron chi connectivity index (χ2n) is 5.79. The lowest BCUT2D eigenvalue weighted by molar-refractivity contribution is -0.114. The molecule has 3 N–H and O–H groups in total. The molecule has 0 unspecified atom stereocenters. The first-order chi connectivity index (χ1) is 13.6. The van der Waals surface area contributed by atoms with Gasteiger partial charge in [0.2, 0.25) is 5.91 Å². The first-order valence-electron chi connectivity index (χ1n) is 8.70. The van der Waals surface area contributed by atoms with E-state index in [9.17, 15) is 9.59 Å². The van der Waals surface area contributed by atoms with Gasteiger partial charge in [-0.3, -0.25) is 9.59 Å². The zero-order chi connectivity index (χ0) is 20.4. The molecule has 0 fully saturated rings. The zero-order valence-corrected chi connectivity index (χ0v) is 16.2. The topological polar surface area (TPSA) is 97.9 Å². The summed E-state index contributed by atoms with van der Waals surface area (Å²) in [5, 5.41) is 8.53. The lowest BCUT2D eigenvalue weighted by Gasteiger charge is -2.13. The number of hydrogen-bond acceptors (Lipinski definition) is 6. The molecule has 0 saturated heterocycles. The minimum absolute atomic E-state index is 0.0444. The summed E-state index contributed by atoms with van der Waals surface area (Å²) in [7, 11) is 4.70. The molecule has 0 radical (unpaired) electrons. The Balaban J connectivity index is 1.89. The molecule has 0 aliphatic heterocycles. The Morgan fingerprint density at radius 1 is 0.964 bits per heavy atom. The van der Waals surface area contributed by atoms with E-state index in [1.54, 1.807) is 63.8 Å². The third kappa shape index (κ3) is 6.17. The van der Waals surface area contributed by atoms with Crippen molar-refractivity contribution in [2.45, 2.75) is 0 Å². The second kappa shape index (κ2) is 10.8. The summed E-state index contributed by atoms with van der Waals surface area (Å²) in [6.45, 7) is 0.932. The van der Waals surface area contributed by atoms with Crippen molar-refractivity contribution in [1.29, 1.82) is 0 Å². The number of rotatable bonds is 10. The highest BCUT2D eigenvalue weighted by atomic mass is 16.5. The Bertz CT molecular complexity index is 793. The van der Waals surface area contributed by atoms with Crippen LogP contribution in [-0.2, 0) is 9.53 Å². The zero-order valence-electron chi connectivity index (χ0n) is 16.2. The summed E-state index contributed by atoms with van der Waals surface area (Å²) in [4.78, 5) is 24.1. The van der Waals surface area contributed by atoms with Crippen molar-refractivity contribution in [2.75, 3.05) is 51.7 Å². The van der Waals surface area contributed by atoms with E-state index in [0.29, 0.717) is 41.6 Å². The van der Waals surface area contributed by atoms with Gasteiger partial charge in [-0.25, -0.2) is 0 Å². The van der Waals surface area contributed by atoms with E-state index in [2.05, 4.69) is 16.0 Å². The number of amides is 2. The Hall–Kier alpha value is -3.26. The second-order valence-corrected chi connectivity index (χ2v) is 5.79. The smallest absolute Gasteiger partial charge is 0.251 e. The monoisotopic (exact) mass is 387 g/mol. The minimum atomic E-state index is -0.234. The average Bonchev–Trinajstić information content (AvgIpc) is 2.72. The first kappa shape index (κ1) is 21.0. The summed E-state index contributed by atoms with van der Waals surface area (Å²) in [5.74, 6) is 0.837. The van der Waals surface area contributed by atoms with Crippen LogP contribution in [0.5, 0.6) is 11.5 Å². The highest BCUT2D eigenvalue weighted by molar-refractivity contribution is 5.96. The fourth-order valence-corrected chi connectivity index (χ4v) is 2.41. The molecule has 2 amide bonds. The third-order valence-electron chi connectivity index (χ3n) is 3.87. The molecule has 150 valence electrons. The summed E-state index contributed by atoms with van der Waals surface area (Å²) in [6.07, 6.45) is 0. The molecule has 8 nitrogen and oxygen atoms in total. The molecule has 0 aliphatic rings. The Labute approximate surface area is 164 Å². The van der Waals surface area contributed by atoms with Crippen LogP contribution in [0.25, 0.3) is 0 Å². The molecule has 28 heavy (non-hydrogen) atoms. The van der Waals surface area contributed by atoms with Crippen LogP contribution in [0, 0.1) is 0 Å². The lowest BCUT2D eigenvalue weighted by Crippen LogP contribution is -2.27. The van der Waals surface area contributed by atoms with E-state index < -0.39 is 0 Å². The lowest BCUT2D eigenvalue weighted by atomic mass is 10.2.